The third-order valence-electron chi connectivity index (χ3n) is 3.23. The molecule has 142 valence electrons. The van der Waals surface area contributed by atoms with E-state index < -0.39 is 11.7 Å². The van der Waals surface area contributed by atoms with Gasteiger partial charge in [0, 0.05) is 34.4 Å². The second-order valence-electron chi connectivity index (χ2n) is 5.66. The fraction of sp³-hybridized carbons (Fsp3) is 0.938. The van der Waals surface area contributed by atoms with Gasteiger partial charge in [0.15, 0.2) is 0 Å². The Morgan fingerprint density at radius 1 is 1.21 bits per heavy atom. The number of methoxy groups -OCH3 is 1. The lowest BCUT2D eigenvalue weighted by atomic mass is 10.1. The number of hydrogen-bond acceptors (Lipinski definition) is 8. The Balaban J connectivity index is 6.28. The summed E-state index contributed by atoms with van der Waals surface area (Å²) in [7, 11) is 4.95. The van der Waals surface area contributed by atoms with E-state index in [0.29, 0.717) is 13.0 Å². The molecule has 0 saturated heterocycles. The molecular formula is C16H33N3O5. The van der Waals surface area contributed by atoms with Gasteiger partial charge in [-0.25, -0.2) is 5.01 Å². The average molecular weight is 347 g/mol. The van der Waals surface area contributed by atoms with Gasteiger partial charge < -0.3 is 24.1 Å². The highest BCUT2D eigenvalue weighted by Crippen LogP contribution is 2.37. The van der Waals surface area contributed by atoms with Gasteiger partial charge >= 0.3 is 11.7 Å². The molecule has 0 aromatic carbocycles. The topological polar surface area (TPSA) is 87.4 Å². The first-order chi connectivity index (χ1) is 11.3. The Morgan fingerprint density at radius 2 is 1.83 bits per heavy atom. The molecule has 8 heteroatoms. The van der Waals surface area contributed by atoms with Crippen LogP contribution in [0.1, 0.15) is 34.1 Å². The average Bonchev–Trinajstić information content (AvgIpc) is 2.54. The summed E-state index contributed by atoms with van der Waals surface area (Å²) in [6.07, 6.45) is 0.383. The third kappa shape index (κ3) is 5.10. The number of nitrogens with zero attached hydrogens (tertiary/aromatic N) is 3. The summed E-state index contributed by atoms with van der Waals surface area (Å²) in [5.41, 5.74) is 0. The molecule has 0 aliphatic rings. The van der Waals surface area contributed by atoms with Crippen LogP contribution in [-0.4, -0.2) is 80.5 Å². The molecule has 8 nitrogen and oxygen atoms in total. The van der Waals surface area contributed by atoms with Gasteiger partial charge in [-0.15, -0.1) is 0 Å². The molecule has 0 aliphatic heterocycles. The van der Waals surface area contributed by atoms with Crippen molar-refractivity contribution >= 4 is 0 Å². The van der Waals surface area contributed by atoms with Crippen LogP contribution >= 0.6 is 0 Å². The second kappa shape index (κ2) is 10.9. The van der Waals surface area contributed by atoms with Crippen LogP contribution in [0.25, 0.3) is 0 Å². The van der Waals surface area contributed by atoms with Crippen molar-refractivity contribution in [2.45, 2.75) is 51.9 Å². The highest BCUT2D eigenvalue weighted by Gasteiger charge is 2.62. The Bertz CT molecular complexity index is 388. The van der Waals surface area contributed by atoms with Crippen LogP contribution in [-0.2, 0) is 18.9 Å². The van der Waals surface area contributed by atoms with Crippen molar-refractivity contribution in [3.8, 4) is 6.07 Å². The Morgan fingerprint density at radius 3 is 2.17 bits per heavy atom. The molecule has 0 spiro atoms. The summed E-state index contributed by atoms with van der Waals surface area (Å²) in [5, 5.41) is 22.7. The minimum atomic E-state index is -1.83. The molecule has 0 saturated carbocycles. The SMILES string of the molecule is CCCOC(C#N)(OC(C)C)C(OC)(OCC)N(CCO)N(C)C. The summed E-state index contributed by atoms with van der Waals surface area (Å²) >= 11 is 0. The molecule has 0 heterocycles. The van der Waals surface area contributed by atoms with E-state index in [1.165, 1.54) is 7.11 Å². The monoisotopic (exact) mass is 347 g/mol. The summed E-state index contributed by atoms with van der Waals surface area (Å²) in [4.78, 5) is 0. The van der Waals surface area contributed by atoms with Gasteiger partial charge in [-0.2, -0.15) is 10.3 Å². The van der Waals surface area contributed by atoms with Gasteiger partial charge in [-0.1, -0.05) is 6.92 Å². The standard InChI is InChI=1S/C16H33N3O5/c1-8-12-23-15(13-17,24-14(3)4)16(21-7,22-9-2)19(10-11-20)18(5)6/h14,20H,8-12H2,1-7H3. The highest BCUT2D eigenvalue weighted by atomic mass is 16.8. The molecule has 0 amide bonds. The third-order valence-corrected chi connectivity index (χ3v) is 3.23. The zero-order valence-corrected chi connectivity index (χ0v) is 16.0. The van der Waals surface area contributed by atoms with E-state index in [1.54, 1.807) is 44.9 Å². The first kappa shape index (κ1) is 23.2. The summed E-state index contributed by atoms with van der Waals surface area (Å²) in [6.45, 7) is 7.89. The van der Waals surface area contributed by atoms with E-state index in [4.69, 9.17) is 18.9 Å². The molecule has 0 bridgehead atoms. The number of hydrazine groups is 1. The lowest BCUT2D eigenvalue weighted by molar-refractivity contribution is -0.459. The van der Waals surface area contributed by atoms with Crippen molar-refractivity contribution in [2.24, 2.45) is 0 Å². The minimum Gasteiger partial charge on any atom is -0.395 e. The molecule has 0 rings (SSSR count). The van der Waals surface area contributed by atoms with Crippen molar-refractivity contribution in [1.82, 2.24) is 10.0 Å². The molecule has 2 unspecified atom stereocenters. The predicted octanol–water partition coefficient (Wildman–Crippen LogP) is 1.17. The zero-order valence-electron chi connectivity index (χ0n) is 16.0. The predicted molar refractivity (Wildman–Crippen MR) is 89.7 cm³/mol. The van der Waals surface area contributed by atoms with Crippen LogP contribution in [0.3, 0.4) is 0 Å². The van der Waals surface area contributed by atoms with Crippen molar-refractivity contribution in [3.63, 3.8) is 0 Å². The van der Waals surface area contributed by atoms with Crippen molar-refractivity contribution in [3.05, 3.63) is 0 Å². The Hall–Kier alpha value is -0.790. The van der Waals surface area contributed by atoms with Crippen LogP contribution in [0.5, 0.6) is 0 Å². The highest BCUT2D eigenvalue weighted by molar-refractivity contribution is 5.05. The number of ether oxygens (including phenoxy) is 4. The minimum absolute atomic E-state index is 0.159. The maximum atomic E-state index is 9.98. The Labute approximate surface area is 145 Å². The van der Waals surface area contributed by atoms with E-state index in [1.807, 2.05) is 6.92 Å². The van der Waals surface area contributed by atoms with Gasteiger partial charge in [0.2, 0.25) is 0 Å². The van der Waals surface area contributed by atoms with Gasteiger partial charge in [0.1, 0.15) is 6.07 Å². The zero-order chi connectivity index (χ0) is 18.8. The van der Waals surface area contributed by atoms with Crippen molar-refractivity contribution in [1.29, 1.82) is 5.26 Å². The van der Waals surface area contributed by atoms with E-state index in [2.05, 4.69) is 6.07 Å². The molecule has 0 aliphatic carbocycles. The number of rotatable bonds is 13. The maximum Gasteiger partial charge on any atom is 0.332 e. The molecule has 0 aromatic rings. The molecule has 1 N–H and O–H groups in total. The van der Waals surface area contributed by atoms with E-state index in [-0.39, 0.29) is 25.9 Å². The molecule has 0 aromatic heterocycles. The van der Waals surface area contributed by atoms with E-state index in [9.17, 15) is 10.4 Å². The lowest BCUT2D eigenvalue weighted by Gasteiger charge is -2.51. The lowest BCUT2D eigenvalue weighted by Crippen LogP contribution is -2.72. The molecular weight excluding hydrogens is 314 g/mol. The van der Waals surface area contributed by atoms with Gasteiger partial charge in [-0.05, 0) is 27.2 Å². The van der Waals surface area contributed by atoms with E-state index in [0.717, 1.165) is 0 Å². The fourth-order valence-electron chi connectivity index (χ4n) is 2.45. The summed E-state index contributed by atoms with van der Waals surface area (Å²) in [6, 6.07) is 2.11. The molecule has 2 atom stereocenters. The van der Waals surface area contributed by atoms with Gasteiger partial charge in [-0.3, -0.25) is 0 Å². The molecule has 0 fully saturated rings. The van der Waals surface area contributed by atoms with Crippen LogP contribution < -0.4 is 0 Å². The number of hydrogen-bond donors (Lipinski definition) is 1. The van der Waals surface area contributed by atoms with Crippen LogP contribution in [0.15, 0.2) is 0 Å². The van der Waals surface area contributed by atoms with E-state index >= 15 is 0 Å². The van der Waals surface area contributed by atoms with Gasteiger partial charge in [0.05, 0.1) is 19.3 Å². The van der Waals surface area contributed by atoms with Crippen molar-refractivity contribution in [2.75, 3.05) is 47.6 Å². The first-order valence-electron chi connectivity index (χ1n) is 8.28. The first-order valence-corrected chi connectivity index (χ1v) is 8.28. The van der Waals surface area contributed by atoms with Crippen LogP contribution in [0.2, 0.25) is 0 Å². The smallest absolute Gasteiger partial charge is 0.332 e. The summed E-state index contributed by atoms with van der Waals surface area (Å²) in [5.74, 6) is -3.51. The molecule has 24 heavy (non-hydrogen) atoms. The maximum absolute atomic E-state index is 9.98. The molecule has 0 radical (unpaired) electrons. The normalized spacial score (nSPS) is 17.1. The number of aliphatic hydroxyl groups is 1. The summed E-state index contributed by atoms with van der Waals surface area (Å²) < 4.78 is 23.3. The second-order valence-corrected chi connectivity index (χ2v) is 5.66. The van der Waals surface area contributed by atoms with Crippen molar-refractivity contribution < 1.29 is 24.1 Å². The largest absolute Gasteiger partial charge is 0.395 e. The Kier molecular flexibility index (Phi) is 10.6. The number of aliphatic hydroxyl groups excluding tert-OH is 1. The van der Waals surface area contributed by atoms with Gasteiger partial charge in [0.25, 0.3) is 0 Å². The fourth-order valence-corrected chi connectivity index (χ4v) is 2.45. The van der Waals surface area contributed by atoms with Crippen LogP contribution in [0.4, 0.5) is 0 Å². The quantitative estimate of drug-likeness (QED) is 0.392. The van der Waals surface area contributed by atoms with Crippen LogP contribution in [0, 0.1) is 11.3 Å². The number of nitriles is 1.